The Bertz CT molecular complexity index is 1820. The normalized spacial score (nSPS) is 15.1. The molecule has 0 saturated heterocycles. The Balaban J connectivity index is 1.58. The minimum absolute atomic E-state index is 0.0694. The van der Waals surface area contributed by atoms with Crippen LogP contribution in [0.3, 0.4) is 0 Å². The molecule has 3 nitrogen and oxygen atoms in total. The lowest BCUT2D eigenvalue weighted by molar-refractivity contribution is 0.103. The number of ketones is 1. The van der Waals surface area contributed by atoms with Crippen molar-refractivity contribution < 1.29 is 4.79 Å². The predicted molar refractivity (Wildman–Crippen MR) is 145 cm³/mol. The minimum atomic E-state index is -0.648. The molecule has 3 aliphatic rings. The van der Waals surface area contributed by atoms with Crippen LogP contribution < -0.4 is 4.90 Å². The van der Waals surface area contributed by atoms with Gasteiger partial charge in [-0.1, -0.05) is 90.6 Å². The maximum atomic E-state index is 13.7. The molecule has 0 N–H and O–H groups in total. The first-order valence-electron chi connectivity index (χ1n) is 12.2. The van der Waals surface area contributed by atoms with Crippen LogP contribution in [0.4, 0.5) is 17.1 Å². The van der Waals surface area contributed by atoms with Crippen molar-refractivity contribution in [2.45, 2.75) is 15.2 Å². The molecule has 2 heterocycles. The Labute approximate surface area is 218 Å². The van der Waals surface area contributed by atoms with Crippen LogP contribution in [0.15, 0.2) is 119 Å². The van der Waals surface area contributed by atoms with Gasteiger partial charge >= 0.3 is 0 Å². The first kappa shape index (κ1) is 20.6. The molecular formula is C33H18N2OS. The molecule has 0 amide bonds. The summed E-state index contributed by atoms with van der Waals surface area (Å²) >= 11 is 1.74. The van der Waals surface area contributed by atoms with E-state index >= 15 is 0 Å². The number of hydrogen-bond acceptors (Lipinski definition) is 4. The zero-order valence-electron chi connectivity index (χ0n) is 19.6. The number of fused-ring (bicyclic) bond motifs is 10. The van der Waals surface area contributed by atoms with Gasteiger partial charge in [0.15, 0.2) is 5.78 Å². The predicted octanol–water partition coefficient (Wildman–Crippen LogP) is 7.73. The third kappa shape index (κ3) is 2.45. The molecule has 172 valence electrons. The molecule has 0 bridgehead atoms. The summed E-state index contributed by atoms with van der Waals surface area (Å²) in [5.74, 6) is 0.0694. The van der Waals surface area contributed by atoms with Gasteiger partial charge in [0.25, 0.3) is 0 Å². The van der Waals surface area contributed by atoms with Crippen molar-refractivity contribution in [3.63, 3.8) is 0 Å². The van der Waals surface area contributed by atoms with E-state index in [-0.39, 0.29) is 5.78 Å². The molecule has 0 fully saturated rings. The topological polar surface area (TPSA) is 44.1 Å². The van der Waals surface area contributed by atoms with E-state index < -0.39 is 5.41 Å². The van der Waals surface area contributed by atoms with Gasteiger partial charge in [-0.3, -0.25) is 4.79 Å². The third-order valence-electron chi connectivity index (χ3n) is 7.88. The molecule has 1 spiro atoms. The maximum absolute atomic E-state index is 13.7. The van der Waals surface area contributed by atoms with E-state index in [0.29, 0.717) is 5.56 Å². The lowest BCUT2D eigenvalue weighted by Gasteiger charge is -2.50. The summed E-state index contributed by atoms with van der Waals surface area (Å²) in [7, 11) is 0. The van der Waals surface area contributed by atoms with Crippen LogP contribution in [0, 0.1) is 11.3 Å². The SMILES string of the molecule is N#Cc1ccc2c(c1)N1c3ccccc3C3(c4ccccc4C(=O)c4ccccc43)c3cccc(c31)S2. The monoisotopic (exact) mass is 490 g/mol. The first-order chi connectivity index (χ1) is 18.2. The first-order valence-corrected chi connectivity index (χ1v) is 13.0. The fourth-order valence-corrected chi connectivity index (χ4v) is 7.56. The lowest BCUT2D eigenvalue weighted by atomic mass is 9.57. The largest absolute Gasteiger partial charge is 0.307 e. The maximum Gasteiger partial charge on any atom is 0.193 e. The van der Waals surface area contributed by atoms with E-state index in [2.05, 4.69) is 65.6 Å². The number of benzene rings is 5. The zero-order chi connectivity index (χ0) is 24.7. The molecule has 0 atom stereocenters. The fourth-order valence-electron chi connectivity index (χ4n) is 6.49. The van der Waals surface area contributed by atoms with Crippen LogP contribution in [-0.4, -0.2) is 5.78 Å². The van der Waals surface area contributed by atoms with Crippen molar-refractivity contribution in [2.24, 2.45) is 0 Å². The molecule has 1 aliphatic carbocycles. The van der Waals surface area contributed by atoms with E-state index in [1.54, 1.807) is 11.8 Å². The summed E-state index contributed by atoms with van der Waals surface area (Å²) in [5.41, 5.74) is 8.99. The number of nitriles is 1. The summed E-state index contributed by atoms with van der Waals surface area (Å²) in [6.45, 7) is 0. The van der Waals surface area contributed by atoms with Crippen LogP contribution in [0.2, 0.25) is 0 Å². The molecule has 2 aliphatic heterocycles. The molecule has 8 rings (SSSR count). The van der Waals surface area contributed by atoms with Crippen molar-refractivity contribution in [1.29, 1.82) is 5.26 Å². The Morgan fingerprint density at radius 3 is 2.03 bits per heavy atom. The molecule has 4 heteroatoms. The zero-order valence-corrected chi connectivity index (χ0v) is 20.4. The summed E-state index contributed by atoms with van der Waals surface area (Å²) in [5, 5.41) is 9.69. The molecular weight excluding hydrogens is 472 g/mol. The fraction of sp³-hybridized carbons (Fsp3) is 0.0303. The number of carbonyl (C=O) groups excluding carboxylic acids is 1. The van der Waals surface area contributed by atoms with Crippen LogP contribution in [0.5, 0.6) is 0 Å². The number of carbonyl (C=O) groups is 1. The van der Waals surface area contributed by atoms with Gasteiger partial charge in [-0.05, 0) is 52.6 Å². The average Bonchev–Trinajstić information content (AvgIpc) is 2.96. The van der Waals surface area contributed by atoms with Crippen LogP contribution in [0.1, 0.15) is 43.7 Å². The number of rotatable bonds is 0. The molecule has 0 unspecified atom stereocenters. The van der Waals surface area contributed by atoms with E-state index in [4.69, 9.17) is 0 Å². The lowest BCUT2D eigenvalue weighted by Crippen LogP contribution is -2.42. The van der Waals surface area contributed by atoms with Gasteiger partial charge in [-0.25, -0.2) is 0 Å². The molecule has 0 radical (unpaired) electrons. The van der Waals surface area contributed by atoms with Gasteiger partial charge in [0, 0.05) is 20.9 Å². The van der Waals surface area contributed by atoms with Gasteiger partial charge < -0.3 is 4.90 Å². The standard InChI is InChI=1S/C33H18N2OS/c34-19-20-16-17-29-28(18-20)35-27-14-6-5-12-25(27)33(26-13-7-15-30(37-29)31(26)35)23-10-3-1-8-21(23)32(36)22-9-2-4-11-24(22)33/h1-18H. The smallest absolute Gasteiger partial charge is 0.193 e. The van der Waals surface area contributed by atoms with Crippen LogP contribution in [0.25, 0.3) is 0 Å². The molecule has 5 aromatic carbocycles. The van der Waals surface area contributed by atoms with Crippen molar-refractivity contribution in [1.82, 2.24) is 0 Å². The second-order valence-electron chi connectivity index (χ2n) is 9.57. The quantitative estimate of drug-likeness (QED) is 0.218. The van der Waals surface area contributed by atoms with E-state index in [1.165, 1.54) is 0 Å². The van der Waals surface area contributed by atoms with Crippen molar-refractivity contribution in [3.05, 3.63) is 148 Å². The van der Waals surface area contributed by atoms with Crippen LogP contribution in [-0.2, 0) is 5.41 Å². The van der Waals surface area contributed by atoms with Gasteiger partial charge in [0.1, 0.15) is 0 Å². The van der Waals surface area contributed by atoms with Crippen LogP contribution >= 0.6 is 11.8 Å². The van der Waals surface area contributed by atoms with Crippen molar-refractivity contribution >= 4 is 34.6 Å². The molecule has 0 aromatic heterocycles. The van der Waals surface area contributed by atoms with Crippen molar-refractivity contribution in [3.8, 4) is 6.07 Å². The summed E-state index contributed by atoms with van der Waals surface area (Å²) in [6.07, 6.45) is 0. The van der Waals surface area contributed by atoms with E-state index in [1.807, 2.05) is 54.6 Å². The summed E-state index contributed by atoms with van der Waals surface area (Å²) < 4.78 is 0. The Hall–Kier alpha value is -4.59. The molecule has 37 heavy (non-hydrogen) atoms. The number of hydrogen-bond donors (Lipinski definition) is 0. The van der Waals surface area contributed by atoms with Gasteiger partial charge in [0.2, 0.25) is 0 Å². The average molecular weight is 491 g/mol. The second-order valence-corrected chi connectivity index (χ2v) is 10.7. The second kappa shape index (κ2) is 7.22. The van der Waals surface area contributed by atoms with Gasteiger partial charge in [0.05, 0.1) is 34.1 Å². The highest BCUT2D eigenvalue weighted by atomic mass is 32.2. The Kier molecular flexibility index (Phi) is 4.02. The highest BCUT2D eigenvalue weighted by Crippen LogP contribution is 2.64. The molecule has 5 aromatic rings. The van der Waals surface area contributed by atoms with Crippen molar-refractivity contribution in [2.75, 3.05) is 4.90 Å². The number of para-hydroxylation sites is 2. The van der Waals surface area contributed by atoms with Gasteiger partial charge in [-0.2, -0.15) is 5.26 Å². The summed E-state index contributed by atoms with van der Waals surface area (Å²) in [4.78, 5) is 18.3. The highest BCUT2D eigenvalue weighted by molar-refractivity contribution is 7.99. The van der Waals surface area contributed by atoms with E-state index in [9.17, 15) is 10.1 Å². The molecule has 0 saturated carbocycles. The third-order valence-corrected chi connectivity index (χ3v) is 8.99. The number of nitrogens with zero attached hydrogens (tertiary/aromatic N) is 2. The Morgan fingerprint density at radius 2 is 1.30 bits per heavy atom. The van der Waals surface area contributed by atoms with Gasteiger partial charge in [-0.15, -0.1) is 0 Å². The Morgan fingerprint density at radius 1 is 0.649 bits per heavy atom. The number of anilines is 3. The minimum Gasteiger partial charge on any atom is -0.307 e. The summed E-state index contributed by atoms with van der Waals surface area (Å²) in [6, 6.07) is 39.4. The highest BCUT2D eigenvalue weighted by Gasteiger charge is 2.52. The van der Waals surface area contributed by atoms with E-state index in [0.717, 1.165) is 60.2 Å².